The first-order valence-electron chi connectivity index (χ1n) is 6.40. The highest BCUT2D eigenvalue weighted by Gasteiger charge is 2.16. The van der Waals surface area contributed by atoms with Crippen molar-refractivity contribution in [2.45, 2.75) is 33.2 Å². The van der Waals surface area contributed by atoms with Gasteiger partial charge in [0.05, 0.1) is 0 Å². The SMILES string of the molecule is Cc1cc(C)n(CCCC(=O)N(C)C)c(=O)c1C(=O)O. The summed E-state index contributed by atoms with van der Waals surface area (Å²) in [5.74, 6) is -1.23. The maximum atomic E-state index is 12.1. The van der Waals surface area contributed by atoms with Crippen molar-refractivity contribution in [2.24, 2.45) is 0 Å². The molecule has 0 aromatic carbocycles. The number of amides is 1. The number of carboxylic acids is 1. The molecule has 0 bridgehead atoms. The van der Waals surface area contributed by atoms with Gasteiger partial charge in [-0.3, -0.25) is 9.59 Å². The standard InChI is InChI=1S/C14H20N2O4/c1-9-8-10(2)16(13(18)12(9)14(19)20)7-5-6-11(17)15(3)4/h8H,5-7H2,1-4H3,(H,19,20). The second-order valence-corrected chi connectivity index (χ2v) is 5.00. The third-order valence-corrected chi connectivity index (χ3v) is 3.19. The Balaban J connectivity index is 2.96. The number of carbonyl (C=O) groups excluding carboxylic acids is 1. The van der Waals surface area contributed by atoms with E-state index in [0.29, 0.717) is 30.6 Å². The minimum atomic E-state index is -1.22. The Kier molecular flexibility index (Phi) is 5.07. The highest BCUT2D eigenvalue weighted by Crippen LogP contribution is 2.08. The van der Waals surface area contributed by atoms with Gasteiger partial charge in [-0.2, -0.15) is 0 Å². The summed E-state index contributed by atoms with van der Waals surface area (Å²) < 4.78 is 1.42. The van der Waals surface area contributed by atoms with Crippen molar-refractivity contribution in [2.75, 3.05) is 14.1 Å². The average molecular weight is 280 g/mol. The first-order valence-corrected chi connectivity index (χ1v) is 6.40. The lowest BCUT2D eigenvalue weighted by molar-refractivity contribution is -0.128. The summed E-state index contributed by atoms with van der Waals surface area (Å²) in [6, 6.07) is 1.68. The summed E-state index contributed by atoms with van der Waals surface area (Å²) in [5, 5.41) is 9.07. The van der Waals surface area contributed by atoms with Gasteiger partial charge in [-0.15, -0.1) is 0 Å². The Morgan fingerprint density at radius 3 is 2.40 bits per heavy atom. The molecule has 6 heteroatoms. The van der Waals surface area contributed by atoms with E-state index < -0.39 is 11.5 Å². The van der Waals surface area contributed by atoms with Crippen LogP contribution in [0.1, 0.15) is 34.5 Å². The van der Waals surface area contributed by atoms with E-state index >= 15 is 0 Å². The molecule has 1 aromatic rings. The zero-order valence-corrected chi connectivity index (χ0v) is 12.3. The normalized spacial score (nSPS) is 10.4. The molecule has 0 fully saturated rings. The van der Waals surface area contributed by atoms with Gasteiger partial charge >= 0.3 is 5.97 Å². The molecule has 0 spiro atoms. The second kappa shape index (κ2) is 6.36. The Morgan fingerprint density at radius 1 is 1.30 bits per heavy atom. The number of carboxylic acid groups (broad SMARTS) is 1. The average Bonchev–Trinajstić information content (AvgIpc) is 2.31. The maximum absolute atomic E-state index is 12.1. The lowest BCUT2D eigenvalue weighted by atomic mass is 10.1. The third-order valence-electron chi connectivity index (χ3n) is 3.19. The number of carbonyl (C=O) groups is 2. The molecule has 6 nitrogen and oxygen atoms in total. The summed E-state index contributed by atoms with van der Waals surface area (Å²) in [7, 11) is 3.35. The van der Waals surface area contributed by atoms with E-state index in [0.717, 1.165) is 0 Å². The number of pyridine rings is 1. The molecule has 20 heavy (non-hydrogen) atoms. The van der Waals surface area contributed by atoms with Crippen molar-refractivity contribution in [1.82, 2.24) is 9.47 Å². The van der Waals surface area contributed by atoms with Gasteiger partial charge in [0.1, 0.15) is 5.56 Å². The molecule has 0 aliphatic carbocycles. The molecular weight excluding hydrogens is 260 g/mol. The fraction of sp³-hybridized carbons (Fsp3) is 0.500. The maximum Gasteiger partial charge on any atom is 0.341 e. The number of aromatic nitrogens is 1. The third kappa shape index (κ3) is 3.46. The van der Waals surface area contributed by atoms with Gasteiger partial charge in [0.2, 0.25) is 5.91 Å². The lowest BCUT2D eigenvalue weighted by Crippen LogP contribution is -2.30. The van der Waals surface area contributed by atoms with E-state index in [4.69, 9.17) is 5.11 Å². The van der Waals surface area contributed by atoms with Crippen LogP contribution in [0.3, 0.4) is 0 Å². The minimum absolute atomic E-state index is 0.0127. The molecule has 1 aromatic heterocycles. The van der Waals surface area contributed by atoms with E-state index in [1.54, 1.807) is 34.0 Å². The van der Waals surface area contributed by atoms with E-state index in [9.17, 15) is 14.4 Å². The Hall–Kier alpha value is -2.11. The van der Waals surface area contributed by atoms with Crippen LogP contribution in [0.4, 0.5) is 0 Å². The summed E-state index contributed by atoms with van der Waals surface area (Å²) >= 11 is 0. The fourth-order valence-electron chi connectivity index (χ4n) is 2.08. The van der Waals surface area contributed by atoms with Gasteiger partial charge in [0, 0.05) is 32.8 Å². The van der Waals surface area contributed by atoms with Crippen molar-refractivity contribution in [1.29, 1.82) is 0 Å². The van der Waals surface area contributed by atoms with Gasteiger partial charge in [-0.25, -0.2) is 4.79 Å². The molecule has 0 radical (unpaired) electrons. The van der Waals surface area contributed by atoms with Crippen LogP contribution in [0.2, 0.25) is 0 Å². The molecule has 0 unspecified atom stereocenters. The number of rotatable bonds is 5. The topological polar surface area (TPSA) is 79.6 Å². The monoisotopic (exact) mass is 280 g/mol. The Labute approximate surface area is 117 Å². The summed E-state index contributed by atoms with van der Waals surface area (Å²) in [5.41, 5.74) is 0.456. The number of aryl methyl sites for hydroxylation is 2. The van der Waals surface area contributed by atoms with Gasteiger partial charge in [-0.05, 0) is 31.9 Å². The number of hydrogen-bond acceptors (Lipinski definition) is 3. The van der Waals surface area contributed by atoms with Crippen LogP contribution < -0.4 is 5.56 Å². The number of nitrogens with zero attached hydrogens (tertiary/aromatic N) is 2. The van der Waals surface area contributed by atoms with Crippen molar-refractivity contribution < 1.29 is 14.7 Å². The van der Waals surface area contributed by atoms with Crippen LogP contribution in [-0.2, 0) is 11.3 Å². The zero-order chi connectivity index (χ0) is 15.4. The van der Waals surface area contributed by atoms with Crippen molar-refractivity contribution in [3.05, 3.63) is 33.2 Å². The van der Waals surface area contributed by atoms with Crippen molar-refractivity contribution in [3.63, 3.8) is 0 Å². The highest BCUT2D eigenvalue weighted by atomic mass is 16.4. The van der Waals surface area contributed by atoms with Crippen LogP contribution in [0, 0.1) is 13.8 Å². The van der Waals surface area contributed by atoms with Gasteiger partial charge in [0.25, 0.3) is 5.56 Å². The van der Waals surface area contributed by atoms with Crippen LogP contribution in [0.15, 0.2) is 10.9 Å². The van der Waals surface area contributed by atoms with Crippen molar-refractivity contribution >= 4 is 11.9 Å². The Morgan fingerprint density at radius 2 is 1.90 bits per heavy atom. The fourth-order valence-corrected chi connectivity index (χ4v) is 2.08. The number of hydrogen-bond donors (Lipinski definition) is 1. The largest absolute Gasteiger partial charge is 0.477 e. The second-order valence-electron chi connectivity index (χ2n) is 5.00. The quantitative estimate of drug-likeness (QED) is 0.873. The molecule has 1 N–H and O–H groups in total. The predicted octanol–water partition coefficient (Wildman–Crippen LogP) is 1.03. The summed E-state index contributed by atoms with van der Waals surface area (Å²) in [6.45, 7) is 3.70. The van der Waals surface area contributed by atoms with Crippen LogP contribution in [0.5, 0.6) is 0 Å². The lowest BCUT2D eigenvalue weighted by Gasteiger charge is -2.14. The van der Waals surface area contributed by atoms with Crippen LogP contribution in [0.25, 0.3) is 0 Å². The van der Waals surface area contributed by atoms with E-state index in [-0.39, 0.29) is 11.5 Å². The summed E-state index contributed by atoms with van der Waals surface area (Å²) in [6.07, 6.45) is 0.828. The molecular formula is C14H20N2O4. The molecule has 0 aliphatic rings. The molecule has 110 valence electrons. The number of aromatic carboxylic acids is 1. The van der Waals surface area contributed by atoms with E-state index in [1.807, 2.05) is 0 Å². The zero-order valence-electron chi connectivity index (χ0n) is 12.3. The van der Waals surface area contributed by atoms with Gasteiger partial charge < -0.3 is 14.6 Å². The smallest absolute Gasteiger partial charge is 0.341 e. The molecule has 1 heterocycles. The summed E-state index contributed by atoms with van der Waals surface area (Å²) in [4.78, 5) is 36.2. The van der Waals surface area contributed by atoms with Crippen molar-refractivity contribution in [3.8, 4) is 0 Å². The molecule has 1 rings (SSSR count). The molecule has 0 saturated carbocycles. The van der Waals surface area contributed by atoms with E-state index in [1.165, 1.54) is 9.47 Å². The van der Waals surface area contributed by atoms with E-state index in [2.05, 4.69) is 0 Å². The first kappa shape index (κ1) is 15.9. The minimum Gasteiger partial charge on any atom is -0.477 e. The van der Waals surface area contributed by atoms with Crippen LogP contribution in [-0.4, -0.2) is 40.5 Å². The predicted molar refractivity (Wildman–Crippen MR) is 75.1 cm³/mol. The Bertz CT molecular complexity index is 588. The molecule has 0 atom stereocenters. The van der Waals surface area contributed by atoms with Gasteiger partial charge in [0.15, 0.2) is 0 Å². The highest BCUT2D eigenvalue weighted by molar-refractivity contribution is 5.88. The molecule has 0 aliphatic heterocycles. The molecule has 1 amide bonds. The molecule has 0 saturated heterocycles. The van der Waals surface area contributed by atoms with Gasteiger partial charge in [-0.1, -0.05) is 0 Å². The van der Waals surface area contributed by atoms with Crippen LogP contribution >= 0.6 is 0 Å². The first-order chi connectivity index (χ1) is 9.25.